The van der Waals surface area contributed by atoms with E-state index in [1.54, 1.807) is 12.1 Å². The van der Waals surface area contributed by atoms with Gasteiger partial charge in [0.2, 0.25) is 5.16 Å². The van der Waals surface area contributed by atoms with Gasteiger partial charge in [0.05, 0.1) is 11.6 Å². The Labute approximate surface area is 151 Å². The third-order valence-electron chi connectivity index (χ3n) is 2.98. The minimum Gasteiger partial charge on any atom is -0.503 e. The van der Waals surface area contributed by atoms with Crippen molar-refractivity contribution in [2.75, 3.05) is 7.11 Å². The number of aliphatic carboxylic acids is 1. The number of carboxylic acids is 1. The smallest absolute Gasteiger partial charge is 0.342 e. The summed E-state index contributed by atoms with van der Waals surface area (Å²) >= 11 is 4.16. The summed E-state index contributed by atoms with van der Waals surface area (Å²) in [4.78, 5) is 15.8. The van der Waals surface area contributed by atoms with Gasteiger partial charge in [-0.2, -0.15) is 0 Å². The molecule has 0 radical (unpaired) electrons. The van der Waals surface area contributed by atoms with Gasteiger partial charge in [0.15, 0.2) is 11.5 Å². The lowest BCUT2D eigenvalue weighted by atomic mass is 10.2. The van der Waals surface area contributed by atoms with Gasteiger partial charge in [-0.05, 0) is 57.9 Å². The molecule has 0 spiro atoms. The zero-order valence-corrected chi connectivity index (χ0v) is 15.4. The van der Waals surface area contributed by atoms with Crippen molar-refractivity contribution in [2.45, 2.75) is 24.9 Å². The Balaban J connectivity index is 2.31. The zero-order chi connectivity index (χ0) is 17.7. The SMILES string of the molecule is CCCc1nc(S/C(=C\c2cc(Br)c(O)c(OC)c2)C(=O)O)n[nH]1. The molecule has 9 heteroatoms. The maximum Gasteiger partial charge on any atom is 0.342 e. The van der Waals surface area contributed by atoms with E-state index in [1.807, 2.05) is 6.92 Å². The quantitative estimate of drug-likeness (QED) is 0.470. The summed E-state index contributed by atoms with van der Waals surface area (Å²) in [6, 6.07) is 3.14. The molecule has 0 unspecified atom stereocenters. The van der Waals surface area contributed by atoms with E-state index in [9.17, 15) is 15.0 Å². The van der Waals surface area contributed by atoms with E-state index in [0.717, 1.165) is 30.4 Å². The standard InChI is InChI=1S/C15H16BrN3O4S/c1-3-4-12-17-15(19-18-12)24-11(14(21)22)7-8-5-9(16)13(20)10(6-8)23-2/h5-7,20H,3-4H2,1-2H3,(H,21,22)(H,17,18,19)/b11-7-. The number of aryl methyl sites for hydroxylation is 1. The lowest BCUT2D eigenvalue weighted by Crippen LogP contribution is -1.97. The molecule has 0 saturated carbocycles. The molecule has 0 atom stereocenters. The molecular weight excluding hydrogens is 398 g/mol. The number of methoxy groups -OCH3 is 1. The number of benzene rings is 1. The predicted octanol–water partition coefficient (Wildman–Crippen LogP) is 3.45. The van der Waals surface area contributed by atoms with Crippen LogP contribution in [0.15, 0.2) is 26.7 Å². The fourth-order valence-corrected chi connectivity index (χ4v) is 3.08. The number of aromatic nitrogens is 3. The first-order valence-corrected chi connectivity index (χ1v) is 8.66. The Hall–Kier alpha value is -2.00. The van der Waals surface area contributed by atoms with Gasteiger partial charge in [0.1, 0.15) is 10.7 Å². The maximum absolute atomic E-state index is 11.5. The van der Waals surface area contributed by atoms with E-state index in [1.165, 1.54) is 13.2 Å². The number of phenolic OH excluding ortho intramolecular Hbond substituents is 1. The third kappa shape index (κ3) is 4.51. The fraction of sp³-hybridized carbons (Fsp3) is 0.267. The molecule has 2 rings (SSSR count). The van der Waals surface area contributed by atoms with Crippen LogP contribution in [0.3, 0.4) is 0 Å². The first-order valence-electron chi connectivity index (χ1n) is 7.05. The minimum atomic E-state index is -1.09. The van der Waals surface area contributed by atoms with Gasteiger partial charge < -0.3 is 14.9 Å². The summed E-state index contributed by atoms with van der Waals surface area (Å²) in [5.74, 6) is -0.172. The molecular formula is C15H16BrN3O4S. The summed E-state index contributed by atoms with van der Waals surface area (Å²) in [7, 11) is 1.42. The van der Waals surface area contributed by atoms with Gasteiger partial charge in [-0.15, -0.1) is 5.10 Å². The van der Waals surface area contributed by atoms with E-state index in [-0.39, 0.29) is 16.4 Å². The van der Waals surface area contributed by atoms with Gasteiger partial charge in [-0.25, -0.2) is 9.78 Å². The number of aromatic amines is 1. The largest absolute Gasteiger partial charge is 0.503 e. The van der Waals surface area contributed by atoms with Gasteiger partial charge in [-0.1, -0.05) is 6.92 Å². The van der Waals surface area contributed by atoms with Crippen LogP contribution in [0.5, 0.6) is 11.5 Å². The normalized spacial score (nSPS) is 11.5. The number of rotatable bonds is 7. The molecule has 1 aromatic heterocycles. The number of thioether (sulfide) groups is 1. The van der Waals surface area contributed by atoms with E-state index in [4.69, 9.17) is 4.74 Å². The van der Waals surface area contributed by atoms with Crippen molar-refractivity contribution in [3.63, 3.8) is 0 Å². The summed E-state index contributed by atoms with van der Waals surface area (Å²) in [6.07, 6.45) is 3.14. The van der Waals surface area contributed by atoms with Crippen LogP contribution >= 0.6 is 27.7 Å². The second-order valence-corrected chi connectivity index (χ2v) is 6.65. The minimum absolute atomic E-state index is 0.0441. The van der Waals surface area contributed by atoms with E-state index in [0.29, 0.717) is 15.2 Å². The number of carboxylic acid groups (broad SMARTS) is 1. The molecule has 1 heterocycles. The Morgan fingerprint density at radius 2 is 2.25 bits per heavy atom. The molecule has 0 aliphatic carbocycles. The van der Waals surface area contributed by atoms with Crippen molar-refractivity contribution in [2.24, 2.45) is 0 Å². The van der Waals surface area contributed by atoms with Crippen LogP contribution in [0.2, 0.25) is 0 Å². The molecule has 1 aromatic carbocycles. The van der Waals surface area contributed by atoms with E-state index < -0.39 is 5.97 Å². The number of nitrogens with zero attached hydrogens (tertiary/aromatic N) is 2. The molecule has 3 N–H and O–H groups in total. The Morgan fingerprint density at radius 3 is 2.88 bits per heavy atom. The molecule has 0 fully saturated rings. The molecule has 0 amide bonds. The lowest BCUT2D eigenvalue weighted by molar-refractivity contribution is -0.131. The molecule has 128 valence electrons. The van der Waals surface area contributed by atoms with Crippen molar-refractivity contribution in [3.8, 4) is 11.5 Å². The average molecular weight is 414 g/mol. The Morgan fingerprint density at radius 1 is 1.50 bits per heavy atom. The molecule has 0 saturated heterocycles. The highest BCUT2D eigenvalue weighted by molar-refractivity contribution is 9.10. The van der Waals surface area contributed by atoms with Gasteiger partial charge >= 0.3 is 5.97 Å². The number of ether oxygens (including phenoxy) is 1. The second-order valence-electron chi connectivity index (χ2n) is 4.78. The highest BCUT2D eigenvalue weighted by Crippen LogP contribution is 2.36. The number of H-pyrrole nitrogens is 1. The molecule has 7 nitrogen and oxygen atoms in total. The fourth-order valence-electron chi connectivity index (χ4n) is 1.89. The Bertz CT molecular complexity index is 776. The maximum atomic E-state index is 11.5. The van der Waals surface area contributed by atoms with Crippen LogP contribution in [-0.4, -0.2) is 38.5 Å². The molecule has 0 aliphatic heterocycles. The summed E-state index contributed by atoms with van der Waals surface area (Å²) in [5.41, 5.74) is 0.561. The number of hydrogen-bond donors (Lipinski definition) is 3. The van der Waals surface area contributed by atoms with Crippen LogP contribution < -0.4 is 4.74 Å². The Kier molecular flexibility index (Phi) is 6.27. The number of nitrogens with one attached hydrogen (secondary N) is 1. The summed E-state index contributed by atoms with van der Waals surface area (Å²) < 4.78 is 5.47. The van der Waals surface area contributed by atoms with E-state index in [2.05, 4.69) is 31.1 Å². The summed E-state index contributed by atoms with van der Waals surface area (Å²) in [6.45, 7) is 2.02. The molecule has 0 aliphatic rings. The highest BCUT2D eigenvalue weighted by atomic mass is 79.9. The molecule has 2 aromatic rings. The number of halogens is 1. The van der Waals surface area contributed by atoms with Crippen LogP contribution in [0.25, 0.3) is 6.08 Å². The number of hydrogen-bond acceptors (Lipinski definition) is 6. The van der Waals surface area contributed by atoms with Crippen molar-refractivity contribution < 1.29 is 19.7 Å². The lowest BCUT2D eigenvalue weighted by Gasteiger charge is -2.07. The number of phenols is 1. The van der Waals surface area contributed by atoms with Crippen molar-refractivity contribution >= 4 is 39.7 Å². The van der Waals surface area contributed by atoms with Crippen molar-refractivity contribution in [1.29, 1.82) is 0 Å². The van der Waals surface area contributed by atoms with Crippen LogP contribution in [-0.2, 0) is 11.2 Å². The molecule has 24 heavy (non-hydrogen) atoms. The third-order valence-corrected chi connectivity index (χ3v) is 4.46. The van der Waals surface area contributed by atoms with Gasteiger partial charge in [0, 0.05) is 6.42 Å². The average Bonchev–Trinajstić information content (AvgIpc) is 2.97. The van der Waals surface area contributed by atoms with Crippen molar-refractivity contribution in [3.05, 3.63) is 32.9 Å². The monoisotopic (exact) mass is 413 g/mol. The van der Waals surface area contributed by atoms with Gasteiger partial charge in [-0.3, -0.25) is 5.10 Å². The van der Waals surface area contributed by atoms with Crippen molar-refractivity contribution in [1.82, 2.24) is 15.2 Å². The van der Waals surface area contributed by atoms with Crippen LogP contribution in [0.4, 0.5) is 0 Å². The van der Waals surface area contributed by atoms with Crippen LogP contribution in [0, 0.1) is 0 Å². The first kappa shape index (κ1) is 18.3. The number of aromatic hydroxyl groups is 1. The molecule has 0 bridgehead atoms. The van der Waals surface area contributed by atoms with Crippen LogP contribution in [0.1, 0.15) is 24.7 Å². The topological polar surface area (TPSA) is 108 Å². The number of carbonyl (C=O) groups is 1. The summed E-state index contributed by atoms with van der Waals surface area (Å²) in [5, 5.41) is 26.4. The first-order chi connectivity index (χ1) is 11.4. The highest BCUT2D eigenvalue weighted by Gasteiger charge is 2.15. The predicted molar refractivity (Wildman–Crippen MR) is 94.2 cm³/mol. The van der Waals surface area contributed by atoms with Gasteiger partial charge in [0.25, 0.3) is 0 Å². The second kappa shape index (κ2) is 8.20. The van der Waals surface area contributed by atoms with E-state index >= 15 is 0 Å². The zero-order valence-electron chi connectivity index (χ0n) is 13.0.